The molecule has 0 N–H and O–H groups in total. The molecular formula is C24H21F9N2O. The van der Waals surface area contributed by atoms with E-state index in [-0.39, 0.29) is 50.1 Å². The van der Waals surface area contributed by atoms with Crippen molar-refractivity contribution >= 4 is 11.6 Å². The molecule has 2 aromatic rings. The quantitative estimate of drug-likeness (QED) is 0.428. The van der Waals surface area contributed by atoms with Gasteiger partial charge in [0.05, 0.1) is 16.7 Å². The van der Waals surface area contributed by atoms with E-state index in [4.69, 9.17) is 0 Å². The summed E-state index contributed by atoms with van der Waals surface area (Å²) in [5, 5.41) is 0. The molecule has 1 amide bonds. The molecule has 0 aromatic heterocycles. The fraction of sp³-hybridized carbons (Fsp3) is 0.458. The lowest BCUT2D eigenvalue weighted by molar-refractivity contribution is -0.143. The normalized spacial score (nSPS) is 21.1. The van der Waals surface area contributed by atoms with Gasteiger partial charge in [0.25, 0.3) is 0 Å². The molecule has 2 atom stereocenters. The first kappa shape index (κ1) is 26.2. The zero-order valence-electron chi connectivity index (χ0n) is 18.9. The van der Waals surface area contributed by atoms with Crippen LogP contribution in [0.4, 0.5) is 45.2 Å². The predicted molar refractivity (Wildman–Crippen MR) is 112 cm³/mol. The van der Waals surface area contributed by atoms with Crippen LogP contribution in [0.5, 0.6) is 0 Å². The molecule has 3 nitrogen and oxygen atoms in total. The third-order valence-corrected chi connectivity index (χ3v) is 6.61. The van der Waals surface area contributed by atoms with Gasteiger partial charge in [-0.1, -0.05) is 6.07 Å². The Balaban J connectivity index is 1.44. The highest BCUT2D eigenvalue weighted by Crippen LogP contribution is 2.50. The van der Waals surface area contributed by atoms with E-state index in [0.717, 1.165) is 12.1 Å². The standard InChI is InChI=1S/C24H21F9N2O/c1-13-2-3-15(22(25,26)27)11-20(13)34-4-6-35(7-5-34)21(36)19-12-18(19)14-8-16(23(28,29)30)10-17(9-14)24(31,32)33/h2-3,8-11,18-19H,4-7,12H2,1H3/t18-,19-/m0/s1. The van der Waals surface area contributed by atoms with Crippen molar-refractivity contribution in [2.75, 3.05) is 31.1 Å². The smallest absolute Gasteiger partial charge is 0.368 e. The SMILES string of the molecule is Cc1ccc(C(F)(F)F)cc1N1CCN(C(=O)[C@H]2C[C@H]2c2cc(C(F)(F)F)cc(C(F)(F)F)c2)CC1. The Labute approximate surface area is 200 Å². The number of piperazine rings is 1. The van der Waals surface area contributed by atoms with E-state index in [1.54, 1.807) is 11.8 Å². The van der Waals surface area contributed by atoms with Crippen LogP contribution in [0.25, 0.3) is 0 Å². The number of halogens is 9. The van der Waals surface area contributed by atoms with Crippen LogP contribution in [0.15, 0.2) is 36.4 Å². The van der Waals surface area contributed by atoms with Gasteiger partial charge in [-0.2, -0.15) is 39.5 Å². The van der Waals surface area contributed by atoms with E-state index < -0.39 is 47.1 Å². The number of amides is 1. The molecule has 1 aliphatic heterocycles. The van der Waals surface area contributed by atoms with Crippen LogP contribution in [0.2, 0.25) is 0 Å². The Bertz CT molecular complexity index is 1110. The number of carbonyl (C=O) groups excluding carboxylic acids is 1. The second-order valence-corrected chi connectivity index (χ2v) is 9.10. The minimum Gasteiger partial charge on any atom is -0.368 e. The minimum atomic E-state index is -4.97. The van der Waals surface area contributed by atoms with Gasteiger partial charge < -0.3 is 9.80 Å². The number of rotatable bonds is 3. The van der Waals surface area contributed by atoms with Gasteiger partial charge in [-0.05, 0) is 60.7 Å². The van der Waals surface area contributed by atoms with Crippen molar-refractivity contribution in [3.05, 3.63) is 64.2 Å². The van der Waals surface area contributed by atoms with Crippen molar-refractivity contribution in [1.82, 2.24) is 4.90 Å². The van der Waals surface area contributed by atoms with E-state index in [1.807, 2.05) is 0 Å². The molecule has 1 heterocycles. The van der Waals surface area contributed by atoms with Crippen molar-refractivity contribution in [3.8, 4) is 0 Å². The van der Waals surface area contributed by atoms with Gasteiger partial charge in [0.1, 0.15) is 0 Å². The summed E-state index contributed by atoms with van der Waals surface area (Å²) in [5.41, 5.74) is -2.79. The first-order valence-corrected chi connectivity index (χ1v) is 11.1. The maximum Gasteiger partial charge on any atom is 0.416 e. The summed E-state index contributed by atoms with van der Waals surface area (Å²) in [6.07, 6.45) is -14.3. The number of carbonyl (C=O) groups is 1. The fourth-order valence-electron chi connectivity index (χ4n) is 4.56. The van der Waals surface area contributed by atoms with Crippen molar-refractivity contribution in [1.29, 1.82) is 0 Å². The molecule has 2 aliphatic rings. The summed E-state index contributed by atoms with van der Waals surface area (Å²) in [4.78, 5) is 16.1. The largest absolute Gasteiger partial charge is 0.416 e. The van der Waals surface area contributed by atoms with Gasteiger partial charge >= 0.3 is 18.5 Å². The summed E-state index contributed by atoms with van der Waals surface area (Å²) in [7, 11) is 0. The van der Waals surface area contributed by atoms with Gasteiger partial charge in [-0.3, -0.25) is 4.79 Å². The Hall–Kier alpha value is -2.92. The summed E-state index contributed by atoms with van der Waals surface area (Å²) in [5.74, 6) is -1.88. The maximum absolute atomic E-state index is 13.2. The van der Waals surface area contributed by atoms with Crippen molar-refractivity contribution in [3.63, 3.8) is 0 Å². The Kier molecular flexibility index (Phi) is 6.45. The van der Waals surface area contributed by atoms with Crippen molar-refractivity contribution < 1.29 is 44.3 Å². The Morgan fingerprint density at radius 2 is 1.28 bits per heavy atom. The molecule has 0 spiro atoms. The first-order valence-electron chi connectivity index (χ1n) is 11.1. The molecule has 196 valence electrons. The number of aryl methyl sites for hydroxylation is 1. The highest BCUT2D eigenvalue weighted by atomic mass is 19.4. The van der Waals surface area contributed by atoms with Crippen LogP contribution in [0.3, 0.4) is 0 Å². The van der Waals surface area contributed by atoms with Gasteiger partial charge in [0, 0.05) is 37.8 Å². The molecule has 1 saturated carbocycles. The van der Waals surface area contributed by atoms with Gasteiger partial charge in [-0.25, -0.2) is 0 Å². The van der Waals surface area contributed by atoms with Crippen LogP contribution in [0.1, 0.15) is 40.2 Å². The molecule has 2 aromatic carbocycles. The minimum absolute atomic E-state index is 0.0533. The summed E-state index contributed by atoms with van der Waals surface area (Å²) < 4.78 is 118. The van der Waals surface area contributed by atoms with Crippen LogP contribution in [0, 0.1) is 12.8 Å². The topological polar surface area (TPSA) is 23.6 Å². The molecule has 12 heteroatoms. The van der Waals surface area contributed by atoms with E-state index in [2.05, 4.69) is 0 Å². The molecule has 0 bridgehead atoms. The predicted octanol–water partition coefficient (Wildman–Crippen LogP) is 6.50. The summed E-state index contributed by atoms with van der Waals surface area (Å²) in [6, 6.07) is 4.77. The number of hydrogen-bond acceptors (Lipinski definition) is 2. The van der Waals surface area contributed by atoms with Crippen LogP contribution < -0.4 is 4.90 Å². The van der Waals surface area contributed by atoms with Crippen molar-refractivity contribution in [2.24, 2.45) is 5.92 Å². The fourth-order valence-corrected chi connectivity index (χ4v) is 4.56. The molecule has 4 rings (SSSR count). The molecule has 0 unspecified atom stereocenters. The zero-order chi connectivity index (χ0) is 26.6. The van der Waals surface area contributed by atoms with E-state index in [0.29, 0.717) is 23.4 Å². The zero-order valence-corrected chi connectivity index (χ0v) is 18.9. The second-order valence-electron chi connectivity index (χ2n) is 9.10. The van der Waals surface area contributed by atoms with E-state index >= 15 is 0 Å². The lowest BCUT2D eigenvalue weighted by Crippen LogP contribution is -2.49. The van der Waals surface area contributed by atoms with Crippen LogP contribution in [-0.4, -0.2) is 37.0 Å². The third-order valence-electron chi connectivity index (χ3n) is 6.61. The highest BCUT2D eigenvalue weighted by Gasteiger charge is 2.48. The Morgan fingerprint density at radius 1 is 0.750 bits per heavy atom. The van der Waals surface area contributed by atoms with Gasteiger partial charge in [-0.15, -0.1) is 0 Å². The average molecular weight is 524 g/mol. The second kappa shape index (κ2) is 8.88. The summed E-state index contributed by atoms with van der Waals surface area (Å²) in [6.45, 7) is 2.51. The number of hydrogen-bond donors (Lipinski definition) is 0. The highest BCUT2D eigenvalue weighted by molar-refractivity contribution is 5.83. The molecule has 1 saturated heterocycles. The lowest BCUT2D eigenvalue weighted by Gasteiger charge is -2.37. The number of nitrogens with zero attached hydrogens (tertiary/aromatic N) is 2. The van der Waals surface area contributed by atoms with E-state index in [9.17, 15) is 44.3 Å². The molecule has 2 fully saturated rings. The molecule has 36 heavy (non-hydrogen) atoms. The summed E-state index contributed by atoms with van der Waals surface area (Å²) >= 11 is 0. The van der Waals surface area contributed by atoms with Crippen LogP contribution in [-0.2, 0) is 23.3 Å². The van der Waals surface area contributed by atoms with Crippen molar-refractivity contribution in [2.45, 2.75) is 37.8 Å². The van der Waals surface area contributed by atoms with Gasteiger partial charge in [0.15, 0.2) is 0 Å². The lowest BCUT2D eigenvalue weighted by atomic mass is 10.0. The number of benzene rings is 2. The number of alkyl halides is 9. The Morgan fingerprint density at radius 3 is 1.78 bits per heavy atom. The maximum atomic E-state index is 13.2. The first-order chi connectivity index (χ1) is 16.6. The monoisotopic (exact) mass is 524 g/mol. The van der Waals surface area contributed by atoms with Crippen LogP contribution >= 0.6 is 0 Å². The third kappa shape index (κ3) is 5.41. The molecule has 0 radical (unpaired) electrons. The average Bonchev–Trinajstić information content (AvgIpc) is 3.58. The number of anilines is 1. The molecular weight excluding hydrogens is 503 g/mol. The van der Waals surface area contributed by atoms with E-state index in [1.165, 1.54) is 11.0 Å². The van der Waals surface area contributed by atoms with Gasteiger partial charge in [0.2, 0.25) is 5.91 Å². The molecule has 1 aliphatic carbocycles.